The molecule has 1 unspecified atom stereocenters. The van der Waals surface area contributed by atoms with Crippen LogP contribution in [0.1, 0.15) is 22.1 Å². The molecule has 0 bridgehead atoms. The average molecular weight is 460 g/mol. The van der Waals surface area contributed by atoms with E-state index in [0.29, 0.717) is 22.6 Å². The molecule has 0 saturated heterocycles. The number of para-hydroxylation sites is 4. The zero-order valence-corrected chi connectivity index (χ0v) is 18.8. The Morgan fingerprint density at radius 3 is 2.11 bits per heavy atom. The third-order valence-electron chi connectivity index (χ3n) is 6.10. The van der Waals surface area contributed by atoms with Gasteiger partial charge in [0.05, 0.1) is 22.2 Å². The fraction of sp³-hybridized carbons (Fsp3) is 0.0690. The summed E-state index contributed by atoms with van der Waals surface area (Å²) in [7, 11) is 0. The van der Waals surface area contributed by atoms with Crippen LogP contribution in [0.3, 0.4) is 0 Å². The van der Waals surface area contributed by atoms with Gasteiger partial charge in [-0.1, -0.05) is 60.7 Å². The Morgan fingerprint density at radius 1 is 0.800 bits per heavy atom. The molecule has 2 heterocycles. The molecule has 6 heteroatoms. The van der Waals surface area contributed by atoms with Crippen LogP contribution in [0.25, 0.3) is 44.4 Å². The first-order chi connectivity index (χ1) is 17.1. The van der Waals surface area contributed by atoms with Crippen molar-refractivity contribution in [2.24, 2.45) is 0 Å². The summed E-state index contributed by atoms with van der Waals surface area (Å²) in [5.41, 5.74) is 3.65. The maximum absolute atomic E-state index is 13.5. The van der Waals surface area contributed by atoms with E-state index >= 15 is 0 Å². The van der Waals surface area contributed by atoms with Crippen molar-refractivity contribution in [1.29, 1.82) is 0 Å². The molecule has 2 aromatic heterocycles. The molecule has 6 nitrogen and oxygen atoms in total. The zero-order valence-electron chi connectivity index (χ0n) is 18.8. The first kappa shape index (κ1) is 20.9. The highest BCUT2D eigenvalue weighted by molar-refractivity contribution is 6.14. The van der Waals surface area contributed by atoms with Crippen LogP contribution >= 0.6 is 0 Å². The van der Waals surface area contributed by atoms with E-state index in [-0.39, 0.29) is 11.5 Å². The number of benzene rings is 4. The SMILES string of the molecule is CC(OC(=O)c1ccccc1-c1nc2ccccc2o1)C(=O)n1c2ccccc2c2ccccc21. The molecule has 0 spiro atoms. The Balaban J connectivity index is 1.34. The van der Waals surface area contributed by atoms with Crippen molar-refractivity contribution in [2.45, 2.75) is 13.0 Å². The molecular formula is C29H20N2O4. The lowest BCUT2D eigenvalue weighted by Gasteiger charge is -2.15. The molecule has 6 aromatic rings. The van der Waals surface area contributed by atoms with Crippen molar-refractivity contribution in [3.05, 3.63) is 103 Å². The van der Waals surface area contributed by atoms with E-state index in [0.717, 1.165) is 21.8 Å². The van der Waals surface area contributed by atoms with Gasteiger partial charge in [-0.15, -0.1) is 0 Å². The molecule has 0 aliphatic heterocycles. The summed E-state index contributed by atoms with van der Waals surface area (Å²) in [6.45, 7) is 1.59. The van der Waals surface area contributed by atoms with Crippen molar-refractivity contribution < 1.29 is 18.7 Å². The van der Waals surface area contributed by atoms with Gasteiger partial charge in [0.1, 0.15) is 5.52 Å². The fourth-order valence-electron chi connectivity index (χ4n) is 4.45. The predicted molar refractivity (Wildman–Crippen MR) is 134 cm³/mol. The zero-order chi connectivity index (χ0) is 23.9. The minimum atomic E-state index is -1.02. The summed E-state index contributed by atoms with van der Waals surface area (Å²) in [6, 6.07) is 29.7. The van der Waals surface area contributed by atoms with E-state index in [2.05, 4.69) is 4.98 Å². The van der Waals surface area contributed by atoms with Gasteiger partial charge in [0.25, 0.3) is 5.91 Å². The molecule has 170 valence electrons. The van der Waals surface area contributed by atoms with Crippen LogP contribution in [-0.2, 0) is 4.74 Å². The van der Waals surface area contributed by atoms with Gasteiger partial charge in [-0.25, -0.2) is 9.78 Å². The normalized spacial score (nSPS) is 12.3. The van der Waals surface area contributed by atoms with Crippen LogP contribution in [-0.4, -0.2) is 27.5 Å². The number of ether oxygens (including phenoxy) is 1. The van der Waals surface area contributed by atoms with Crippen LogP contribution in [0.4, 0.5) is 0 Å². The largest absolute Gasteiger partial charge is 0.449 e. The number of rotatable bonds is 4. The van der Waals surface area contributed by atoms with E-state index in [4.69, 9.17) is 9.15 Å². The van der Waals surface area contributed by atoms with Gasteiger partial charge < -0.3 is 9.15 Å². The second kappa shape index (κ2) is 8.25. The topological polar surface area (TPSA) is 74.3 Å². The Morgan fingerprint density at radius 2 is 1.40 bits per heavy atom. The van der Waals surface area contributed by atoms with Crippen molar-refractivity contribution >= 4 is 44.8 Å². The summed E-state index contributed by atoms with van der Waals surface area (Å²) in [4.78, 5) is 31.2. The summed E-state index contributed by atoms with van der Waals surface area (Å²) in [5, 5.41) is 1.94. The molecule has 0 aliphatic rings. The first-order valence-corrected chi connectivity index (χ1v) is 11.3. The lowest BCUT2D eigenvalue weighted by Crippen LogP contribution is -2.29. The molecule has 0 saturated carbocycles. The summed E-state index contributed by atoms with van der Waals surface area (Å²) < 4.78 is 13.2. The summed E-state index contributed by atoms with van der Waals surface area (Å²) >= 11 is 0. The van der Waals surface area contributed by atoms with Crippen molar-refractivity contribution in [3.63, 3.8) is 0 Å². The number of nitrogens with zero attached hydrogens (tertiary/aromatic N) is 2. The molecular weight excluding hydrogens is 440 g/mol. The Bertz CT molecular complexity index is 1660. The van der Waals surface area contributed by atoms with Crippen molar-refractivity contribution in [3.8, 4) is 11.5 Å². The first-order valence-electron chi connectivity index (χ1n) is 11.3. The van der Waals surface area contributed by atoms with Crippen LogP contribution in [0, 0.1) is 0 Å². The van der Waals surface area contributed by atoms with Gasteiger partial charge in [-0.3, -0.25) is 9.36 Å². The Kier molecular flexibility index (Phi) is 4.92. The second-order valence-corrected chi connectivity index (χ2v) is 8.29. The van der Waals surface area contributed by atoms with Gasteiger partial charge in [-0.05, 0) is 43.3 Å². The Labute approximate surface area is 200 Å². The lowest BCUT2D eigenvalue weighted by molar-refractivity contribution is 0.0289. The monoisotopic (exact) mass is 460 g/mol. The molecule has 1 atom stereocenters. The Hall–Kier alpha value is -4.71. The number of hydrogen-bond acceptors (Lipinski definition) is 5. The summed E-state index contributed by atoms with van der Waals surface area (Å²) in [5.74, 6) is -0.625. The van der Waals surface area contributed by atoms with Crippen LogP contribution in [0.2, 0.25) is 0 Å². The predicted octanol–water partition coefficient (Wildman–Crippen LogP) is 6.49. The molecule has 35 heavy (non-hydrogen) atoms. The fourth-order valence-corrected chi connectivity index (χ4v) is 4.45. The van der Waals surface area contributed by atoms with Crippen LogP contribution < -0.4 is 0 Å². The smallest absolute Gasteiger partial charge is 0.339 e. The molecule has 4 aromatic carbocycles. The number of fused-ring (bicyclic) bond motifs is 4. The molecule has 0 N–H and O–H groups in total. The summed E-state index contributed by atoms with van der Waals surface area (Å²) in [6.07, 6.45) is -1.02. The number of oxazole rings is 1. The highest BCUT2D eigenvalue weighted by Crippen LogP contribution is 2.30. The molecule has 6 rings (SSSR count). The van der Waals surface area contributed by atoms with Gasteiger partial charge in [0.15, 0.2) is 11.7 Å². The van der Waals surface area contributed by atoms with E-state index in [1.807, 2.05) is 72.8 Å². The van der Waals surface area contributed by atoms with E-state index < -0.39 is 12.1 Å². The van der Waals surface area contributed by atoms with E-state index in [1.54, 1.807) is 35.8 Å². The maximum Gasteiger partial charge on any atom is 0.339 e. The molecule has 0 radical (unpaired) electrons. The number of esters is 1. The minimum absolute atomic E-state index is 0.279. The number of aromatic nitrogens is 2. The standard InChI is InChI=1S/C29H20N2O4/c1-18(28(32)31-24-15-7-4-10-19(24)20-11-5-8-16-25(20)31)34-29(33)22-13-3-2-12-21(22)27-30-23-14-6-9-17-26(23)35-27/h2-18H,1H3. The second-order valence-electron chi connectivity index (χ2n) is 8.29. The van der Waals surface area contributed by atoms with Gasteiger partial charge >= 0.3 is 5.97 Å². The van der Waals surface area contributed by atoms with E-state index in [1.165, 1.54) is 0 Å². The average Bonchev–Trinajstić information content (AvgIpc) is 3.47. The third-order valence-corrected chi connectivity index (χ3v) is 6.10. The van der Waals surface area contributed by atoms with E-state index in [9.17, 15) is 9.59 Å². The minimum Gasteiger partial charge on any atom is -0.449 e. The van der Waals surface area contributed by atoms with Gasteiger partial charge in [-0.2, -0.15) is 0 Å². The number of carbonyl (C=O) groups is 2. The number of carbonyl (C=O) groups excluding carboxylic acids is 2. The van der Waals surface area contributed by atoms with Gasteiger partial charge in [0.2, 0.25) is 5.89 Å². The molecule has 0 amide bonds. The molecule has 0 aliphatic carbocycles. The van der Waals surface area contributed by atoms with Crippen LogP contribution in [0.5, 0.6) is 0 Å². The third kappa shape index (κ3) is 3.47. The molecule has 0 fully saturated rings. The quantitative estimate of drug-likeness (QED) is 0.281. The maximum atomic E-state index is 13.5. The highest BCUT2D eigenvalue weighted by atomic mass is 16.5. The van der Waals surface area contributed by atoms with Crippen molar-refractivity contribution in [2.75, 3.05) is 0 Å². The lowest BCUT2D eigenvalue weighted by atomic mass is 10.1. The van der Waals surface area contributed by atoms with Gasteiger partial charge in [0, 0.05) is 10.8 Å². The van der Waals surface area contributed by atoms with Crippen LogP contribution in [0.15, 0.2) is 101 Å². The van der Waals surface area contributed by atoms with Crippen molar-refractivity contribution in [1.82, 2.24) is 9.55 Å². The highest BCUT2D eigenvalue weighted by Gasteiger charge is 2.26. The number of hydrogen-bond donors (Lipinski definition) is 0.